The summed E-state index contributed by atoms with van der Waals surface area (Å²) in [6.07, 6.45) is 3.92. The highest BCUT2D eigenvalue weighted by Crippen LogP contribution is 2.25. The van der Waals surface area contributed by atoms with Crippen molar-refractivity contribution in [1.29, 1.82) is 0 Å². The zero-order valence-corrected chi connectivity index (χ0v) is 11.4. The molecule has 1 aliphatic rings. The molecule has 18 heavy (non-hydrogen) atoms. The number of aromatic nitrogens is 2. The molecule has 0 spiro atoms. The lowest BCUT2D eigenvalue weighted by molar-refractivity contribution is -0.135. The summed E-state index contributed by atoms with van der Waals surface area (Å²) in [7, 11) is 0. The number of hydrogen-bond donors (Lipinski definition) is 0. The molecule has 1 aliphatic heterocycles. The highest BCUT2D eigenvalue weighted by Gasteiger charge is 2.27. The molecule has 0 unspecified atom stereocenters. The van der Waals surface area contributed by atoms with E-state index in [9.17, 15) is 4.79 Å². The quantitative estimate of drug-likeness (QED) is 0.804. The SMILES string of the molecule is Cc1ccnc([C@H]2CCCN(C(=O)C(C)C)C2)n1. The average Bonchev–Trinajstić information content (AvgIpc) is 2.38. The summed E-state index contributed by atoms with van der Waals surface area (Å²) in [5, 5.41) is 0. The molecule has 1 amide bonds. The Morgan fingerprint density at radius 1 is 1.50 bits per heavy atom. The van der Waals surface area contributed by atoms with Crippen LogP contribution in [-0.2, 0) is 4.79 Å². The molecule has 1 atom stereocenters. The van der Waals surface area contributed by atoms with Crippen LogP contribution in [0, 0.1) is 12.8 Å². The number of hydrogen-bond acceptors (Lipinski definition) is 3. The smallest absolute Gasteiger partial charge is 0.225 e. The van der Waals surface area contributed by atoms with E-state index in [0.29, 0.717) is 5.92 Å². The Bertz CT molecular complexity index is 431. The van der Waals surface area contributed by atoms with Crippen molar-refractivity contribution in [2.45, 2.75) is 39.5 Å². The Hall–Kier alpha value is -1.45. The fourth-order valence-corrected chi connectivity index (χ4v) is 2.42. The van der Waals surface area contributed by atoms with Gasteiger partial charge in [-0.05, 0) is 25.8 Å². The van der Waals surface area contributed by atoms with Crippen LogP contribution in [0.3, 0.4) is 0 Å². The van der Waals surface area contributed by atoms with Crippen LogP contribution in [-0.4, -0.2) is 33.9 Å². The third-order valence-electron chi connectivity index (χ3n) is 3.41. The maximum Gasteiger partial charge on any atom is 0.225 e. The van der Waals surface area contributed by atoms with Crippen LogP contribution in [0.25, 0.3) is 0 Å². The Morgan fingerprint density at radius 2 is 2.28 bits per heavy atom. The lowest BCUT2D eigenvalue weighted by atomic mass is 9.96. The molecule has 0 bridgehead atoms. The van der Waals surface area contributed by atoms with Gasteiger partial charge in [0.2, 0.25) is 5.91 Å². The first-order chi connectivity index (χ1) is 8.58. The molecule has 4 nitrogen and oxygen atoms in total. The maximum atomic E-state index is 12.0. The van der Waals surface area contributed by atoms with E-state index < -0.39 is 0 Å². The molecule has 1 fully saturated rings. The van der Waals surface area contributed by atoms with Crippen LogP contribution in [0.4, 0.5) is 0 Å². The van der Waals surface area contributed by atoms with E-state index in [0.717, 1.165) is 37.4 Å². The Balaban J connectivity index is 2.09. The van der Waals surface area contributed by atoms with Gasteiger partial charge in [-0.1, -0.05) is 13.8 Å². The molecule has 1 aromatic rings. The van der Waals surface area contributed by atoms with Crippen molar-refractivity contribution in [3.63, 3.8) is 0 Å². The van der Waals surface area contributed by atoms with Gasteiger partial charge in [-0.15, -0.1) is 0 Å². The Labute approximate surface area is 108 Å². The Morgan fingerprint density at radius 3 is 2.94 bits per heavy atom. The predicted molar refractivity (Wildman–Crippen MR) is 70.2 cm³/mol. The molecule has 0 saturated carbocycles. The number of carbonyl (C=O) groups is 1. The average molecular weight is 247 g/mol. The van der Waals surface area contributed by atoms with Crippen molar-refractivity contribution in [3.05, 3.63) is 23.8 Å². The van der Waals surface area contributed by atoms with E-state index in [4.69, 9.17) is 0 Å². The number of carbonyl (C=O) groups excluding carboxylic acids is 1. The Kier molecular flexibility index (Phi) is 3.94. The minimum absolute atomic E-state index is 0.0715. The molecule has 1 aromatic heterocycles. The molecule has 2 heterocycles. The van der Waals surface area contributed by atoms with Gasteiger partial charge in [0.05, 0.1) is 0 Å². The molecule has 0 aromatic carbocycles. The van der Waals surface area contributed by atoms with Crippen LogP contribution in [0.1, 0.15) is 44.1 Å². The van der Waals surface area contributed by atoms with Gasteiger partial charge < -0.3 is 4.90 Å². The van der Waals surface area contributed by atoms with Gasteiger partial charge in [0.15, 0.2) is 0 Å². The van der Waals surface area contributed by atoms with E-state index in [1.807, 2.05) is 31.7 Å². The minimum atomic E-state index is 0.0715. The van der Waals surface area contributed by atoms with Gasteiger partial charge in [-0.2, -0.15) is 0 Å². The summed E-state index contributed by atoms with van der Waals surface area (Å²) < 4.78 is 0. The second-order valence-corrected chi connectivity index (χ2v) is 5.33. The van der Waals surface area contributed by atoms with Crippen LogP contribution < -0.4 is 0 Å². The third kappa shape index (κ3) is 2.86. The molecule has 4 heteroatoms. The monoisotopic (exact) mass is 247 g/mol. The summed E-state index contributed by atoms with van der Waals surface area (Å²) in [6, 6.07) is 1.91. The van der Waals surface area contributed by atoms with E-state index >= 15 is 0 Å². The predicted octanol–water partition coefficient (Wildman–Crippen LogP) is 2.15. The van der Waals surface area contributed by atoms with Crippen LogP contribution >= 0.6 is 0 Å². The summed E-state index contributed by atoms with van der Waals surface area (Å²) in [4.78, 5) is 22.8. The van der Waals surface area contributed by atoms with Crippen molar-refractivity contribution in [2.75, 3.05) is 13.1 Å². The zero-order valence-electron chi connectivity index (χ0n) is 11.4. The number of piperidine rings is 1. The standard InChI is InChI=1S/C14H21N3O/c1-10(2)14(18)17-8-4-5-12(9-17)13-15-7-6-11(3)16-13/h6-7,10,12H,4-5,8-9H2,1-3H3/t12-/m0/s1. The fourth-order valence-electron chi connectivity index (χ4n) is 2.42. The van der Waals surface area contributed by atoms with Crippen molar-refractivity contribution < 1.29 is 4.79 Å². The first-order valence-electron chi connectivity index (χ1n) is 6.66. The van der Waals surface area contributed by atoms with Crippen LogP contribution in [0.5, 0.6) is 0 Å². The van der Waals surface area contributed by atoms with E-state index in [2.05, 4.69) is 9.97 Å². The summed E-state index contributed by atoms with van der Waals surface area (Å²) in [5.74, 6) is 1.49. The molecular formula is C14H21N3O. The van der Waals surface area contributed by atoms with Gasteiger partial charge in [0.25, 0.3) is 0 Å². The maximum absolute atomic E-state index is 12.0. The van der Waals surface area contributed by atoms with Gasteiger partial charge in [-0.3, -0.25) is 4.79 Å². The molecule has 2 rings (SSSR count). The number of nitrogens with zero attached hydrogens (tertiary/aromatic N) is 3. The molecule has 0 aliphatic carbocycles. The first-order valence-corrected chi connectivity index (χ1v) is 6.66. The van der Waals surface area contributed by atoms with Gasteiger partial charge >= 0.3 is 0 Å². The van der Waals surface area contributed by atoms with E-state index in [1.54, 1.807) is 6.20 Å². The topological polar surface area (TPSA) is 46.1 Å². The molecule has 1 saturated heterocycles. The fraction of sp³-hybridized carbons (Fsp3) is 0.643. The number of likely N-dealkylation sites (tertiary alicyclic amines) is 1. The minimum Gasteiger partial charge on any atom is -0.342 e. The van der Waals surface area contributed by atoms with Gasteiger partial charge in [-0.25, -0.2) is 9.97 Å². The van der Waals surface area contributed by atoms with Gasteiger partial charge in [0, 0.05) is 36.8 Å². The largest absolute Gasteiger partial charge is 0.342 e. The van der Waals surface area contributed by atoms with E-state index in [1.165, 1.54) is 0 Å². The number of rotatable bonds is 2. The number of aryl methyl sites for hydroxylation is 1. The number of amides is 1. The summed E-state index contributed by atoms with van der Waals surface area (Å²) >= 11 is 0. The highest BCUT2D eigenvalue weighted by atomic mass is 16.2. The first kappa shape index (κ1) is 13.0. The molecule has 98 valence electrons. The van der Waals surface area contributed by atoms with Crippen LogP contribution in [0.2, 0.25) is 0 Å². The molecule has 0 radical (unpaired) electrons. The lowest BCUT2D eigenvalue weighted by Crippen LogP contribution is -2.41. The second-order valence-electron chi connectivity index (χ2n) is 5.33. The highest BCUT2D eigenvalue weighted by molar-refractivity contribution is 5.78. The second kappa shape index (κ2) is 5.46. The van der Waals surface area contributed by atoms with Crippen molar-refractivity contribution in [3.8, 4) is 0 Å². The lowest BCUT2D eigenvalue weighted by Gasteiger charge is -2.33. The normalized spacial score (nSPS) is 20.2. The molecular weight excluding hydrogens is 226 g/mol. The van der Waals surface area contributed by atoms with Crippen molar-refractivity contribution in [1.82, 2.24) is 14.9 Å². The molecule has 0 N–H and O–H groups in total. The zero-order chi connectivity index (χ0) is 13.1. The third-order valence-corrected chi connectivity index (χ3v) is 3.41. The summed E-state index contributed by atoms with van der Waals surface area (Å²) in [5.41, 5.74) is 0.993. The summed E-state index contributed by atoms with van der Waals surface area (Å²) in [6.45, 7) is 7.52. The van der Waals surface area contributed by atoms with Crippen LogP contribution in [0.15, 0.2) is 12.3 Å². The van der Waals surface area contributed by atoms with E-state index in [-0.39, 0.29) is 11.8 Å². The van der Waals surface area contributed by atoms with Gasteiger partial charge in [0.1, 0.15) is 5.82 Å². The van der Waals surface area contributed by atoms with Crippen molar-refractivity contribution >= 4 is 5.91 Å². The van der Waals surface area contributed by atoms with Crippen molar-refractivity contribution in [2.24, 2.45) is 5.92 Å².